The van der Waals surface area contributed by atoms with E-state index in [1.165, 1.54) is 46.4 Å². The van der Waals surface area contributed by atoms with Gasteiger partial charge in [-0.15, -0.1) is 32.8 Å². The Labute approximate surface area is 213 Å². The molecule has 3 aromatic rings. The van der Waals surface area contributed by atoms with Crippen LogP contribution < -0.4 is 11.1 Å². The zero-order valence-electron chi connectivity index (χ0n) is 17.8. The molecule has 1 atom stereocenters. The van der Waals surface area contributed by atoms with Crippen LogP contribution in [0.5, 0.6) is 0 Å². The van der Waals surface area contributed by atoms with Crippen molar-refractivity contribution in [2.45, 2.75) is 19.9 Å². The summed E-state index contributed by atoms with van der Waals surface area (Å²) in [6.07, 6.45) is 0. The maximum absolute atomic E-state index is 13.4. The van der Waals surface area contributed by atoms with Crippen LogP contribution in [0, 0.1) is 11.2 Å². The highest BCUT2D eigenvalue weighted by Gasteiger charge is 2.32. The number of hydrogen-bond donors (Lipinski definition) is 3. The lowest BCUT2D eigenvalue weighted by Crippen LogP contribution is -2.32. The average molecular weight is 545 g/mol. The molecule has 0 saturated heterocycles. The predicted molar refractivity (Wildman–Crippen MR) is 131 cm³/mol. The molecule has 1 unspecified atom stereocenters. The third-order valence-corrected chi connectivity index (χ3v) is 5.90. The van der Waals surface area contributed by atoms with Crippen molar-refractivity contribution in [3.8, 4) is 0 Å². The summed E-state index contributed by atoms with van der Waals surface area (Å²) >= 11 is 8.77. The van der Waals surface area contributed by atoms with E-state index in [0.717, 1.165) is 0 Å². The van der Waals surface area contributed by atoms with Crippen molar-refractivity contribution < 1.29 is 13.9 Å². The van der Waals surface area contributed by atoms with Gasteiger partial charge in [0.25, 0.3) is 0 Å². The SMILES string of the molecule is CCOC(=O)C1=C(C)NC(c2nncs2)=NC1c1ccc(F)cc1Cl.Cl.N=C(N)c1nncs1. The van der Waals surface area contributed by atoms with E-state index in [2.05, 4.69) is 30.7 Å². The number of amidine groups is 2. The van der Waals surface area contributed by atoms with Gasteiger partial charge < -0.3 is 15.8 Å². The number of nitrogens with two attached hydrogens (primary N) is 1. The van der Waals surface area contributed by atoms with E-state index < -0.39 is 17.8 Å². The molecular weight excluding hydrogens is 526 g/mol. The molecule has 3 heterocycles. The number of nitrogen functional groups attached to an aromatic ring is 1. The molecule has 0 amide bonds. The number of carbonyl (C=O) groups excluding carboxylic acids is 1. The number of rotatable bonds is 5. The molecule has 34 heavy (non-hydrogen) atoms. The first-order valence-electron chi connectivity index (χ1n) is 9.36. The Hall–Kier alpha value is -3.00. The van der Waals surface area contributed by atoms with Gasteiger partial charge in [-0.1, -0.05) is 40.3 Å². The Morgan fingerprint density at radius 2 is 2.00 bits per heavy atom. The Bertz CT molecular complexity index is 1200. The number of esters is 1. The first-order chi connectivity index (χ1) is 15.8. The van der Waals surface area contributed by atoms with E-state index in [1.807, 2.05) is 0 Å². The van der Waals surface area contributed by atoms with Gasteiger partial charge in [0.2, 0.25) is 0 Å². The summed E-state index contributed by atoms with van der Waals surface area (Å²) in [5, 5.41) is 25.9. The molecule has 0 fully saturated rings. The summed E-state index contributed by atoms with van der Waals surface area (Å²) in [6, 6.07) is 3.26. The average Bonchev–Trinajstić information content (AvgIpc) is 3.48. The minimum Gasteiger partial charge on any atom is -0.463 e. The lowest BCUT2D eigenvalue weighted by Gasteiger charge is -2.25. The fourth-order valence-electron chi connectivity index (χ4n) is 2.77. The number of aliphatic imine (C=N–C) groups is 1. The minimum atomic E-state index is -0.729. The topological polar surface area (TPSA) is 152 Å². The molecule has 1 aliphatic heterocycles. The molecule has 1 aliphatic rings. The lowest BCUT2D eigenvalue weighted by atomic mass is 9.96. The van der Waals surface area contributed by atoms with E-state index in [9.17, 15) is 9.18 Å². The molecule has 0 spiro atoms. The van der Waals surface area contributed by atoms with Crippen molar-refractivity contribution in [1.82, 2.24) is 25.7 Å². The number of nitrogens with zero attached hydrogens (tertiary/aromatic N) is 5. The van der Waals surface area contributed by atoms with E-state index in [4.69, 9.17) is 27.5 Å². The number of hydrogen-bond acceptors (Lipinski definition) is 11. The van der Waals surface area contributed by atoms with Crippen LogP contribution in [0.2, 0.25) is 5.02 Å². The maximum atomic E-state index is 13.4. The molecule has 15 heteroatoms. The van der Waals surface area contributed by atoms with Gasteiger partial charge in [-0.05, 0) is 26.0 Å². The number of aromatic nitrogens is 4. The Morgan fingerprint density at radius 1 is 1.29 bits per heavy atom. The van der Waals surface area contributed by atoms with Gasteiger partial charge in [-0.25, -0.2) is 9.18 Å². The third-order valence-electron chi connectivity index (χ3n) is 4.15. The minimum absolute atomic E-state index is 0. The zero-order chi connectivity index (χ0) is 24.0. The smallest absolute Gasteiger partial charge is 0.338 e. The molecule has 0 bridgehead atoms. The second kappa shape index (κ2) is 12.5. The molecule has 0 aliphatic carbocycles. The Balaban J connectivity index is 0.000000386. The van der Waals surface area contributed by atoms with Crippen LogP contribution in [0.1, 0.15) is 35.5 Å². The summed E-state index contributed by atoms with van der Waals surface area (Å²) in [5.74, 6) is -0.515. The summed E-state index contributed by atoms with van der Waals surface area (Å²) in [5.41, 5.74) is 9.57. The number of allylic oxidation sites excluding steroid dienone is 1. The standard InChI is InChI=1S/C16H14ClFN4O2S.C3H4N4S.ClH/c1-3-24-16(23)12-8(2)20-14(15-22-19-7-25-15)21-13(12)10-5-4-9(18)6-11(10)17;4-2(5)3-7-6-1-8-3;/h4-7,13H,3H2,1-2H3,(H,20,21);1H,(H3,4,5);1H. The number of halogens is 3. The van der Waals surface area contributed by atoms with Crippen LogP contribution in [0.3, 0.4) is 0 Å². The van der Waals surface area contributed by atoms with Crippen molar-refractivity contribution in [3.05, 3.63) is 66.9 Å². The number of nitrogens with one attached hydrogen (secondary N) is 2. The predicted octanol–water partition coefficient (Wildman–Crippen LogP) is 3.50. The molecular formula is C19H19Cl2FN8O2S2. The van der Waals surface area contributed by atoms with E-state index in [0.29, 0.717) is 32.7 Å². The Morgan fingerprint density at radius 3 is 2.53 bits per heavy atom. The van der Waals surface area contributed by atoms with Gasteiger partial charge in [-0.2, -0.15) is 0 Å². The van der Waals surface area contributed by atoms with Gasteiger partial charge in [0, 0.05) is 16.3 Å². The summed E-state index contributed by atoms with van der Waals surface area (Å²) in [4.78, 5) is 17.0. The zero-order valence-corrected chi connectivity index (χ0v) is 21.0. The van der Waals surface area contributed by atoms with Crippen LogP contribution in [0.15, 0.2) is 45.5 Å². The van der Waals surface area contributed by atoms with Gasteiger partial charge in [-0.3, -0.25) is 10.4 Å². The summed E-state index contributed by atoms with van der Waals surface area (Å²) in [7, 11) is 0. The lowest BCUT2D eigenvalue weighted by molar-refractivity contribution is -0.138. The van der Waals surface area contributed by atoms with Gasteiger partial charge in [0.05, 0.1) is 12.2 Å². The molecule has 4 rings (SSSR count). The van der Waals surface area contributed by atoms with Crippen LogP contribution >= 0.6 is 46.7 Å². The van der Waals surface area contributed by atoms with Crippen LogP contribution in [-0.4, -0.2) is 44.6 Å². The van der Waals surface area contributed by atoms with Gasteiger partial charge in [0.1, 0.15) is 22.9 Å². The van der Waals surface area contributed by atoms with E-state index in [1.54, 1.807) is 19.4 Å². The summed E-state index contributed by atoms with van der Waals surface area (Å²) in [6.45, 7) is 3.69. The van der Waals surface area contributed by atoms with Crippen molar-refractivity contribution in [2.24, 2.45) is 10.7 Å². The van der Waals surface area contributed by atoms with Crippen molar-refractivity contribution >= 4 is 64.3 Å². The first kappa shape index (κ1) is 27.2. The molecule has 1 aromatic carbocycles. The van der Waals surface area contributed by atoms with E-state index >= 15 is 0 Å². The largest absolute Gasteiger partial charge is 0.463 e. The normalized spacial score (nSPS) is 14.7. The van der Waals surface area contributed by atoms with Crippen LogP contribution in [0.25, 0.3) is 0 Å². The monoisotopic (exact) mass is 544 g/mol. The molecule has 2 aromatic heterocycles. The van der Waals surface area contributed by atoms with Crippen molar-refractivity contribution in [1.29, 1.82) is 5.41 Å². The number of ether oxygens (including phenoxy) is 1. The fraction of sp³-hybridized carbons (Fsp3) is 0.211. The van der Waals surface area contributed by atoms with Crippen LogP contribution in [0.4, 0.5) is 4.39 Å². The van der Waals surface area contributed by atoms with E-state index in [-0.39, 0.29) is 29.9 Å². The number of carbonyl (C=O) groups is 1. The second-order valence-corrected chi connectivity index (χ2v) is 8.41. The van der Waals surface area contributed by atoms with Crippen molar-refractivity contribution in [2.75, 3.05) is 6.61 Å². The molecule has 180 valence electrons. The van der Waals surface area contributed by atoms with Crippen LogP contribution in [-0.2, 0) is 9.53 Å². The Kier molecular flexibility index (Phi) is 9.98. The molecule has 4 N–H and O–H groups in total. The number of benzene rings is 1. The summed E-state index contributed by atoms with van der Waals surface area (Å²) < 4.78 is 18.6. The van der Waals surface area contributed by atoms with Gasteiger partial charge in [0.15, 0.2) is 21.7 Å². The van der Waals surface area contributed by atoms with Gasteiger partial charge >= 0.3 is 5.97 Å². The molecule has 0 saturated carbocycles. The highest BCUT2D eigenvalue weighted by Crippen LogP contribution is 2.36. The molecule has 10 nitrogen and oxygen atoms in total. The fourth-order valence-corrected chi connectivity index (χ4v) is 3.96. The second-order valence-electron chi connectivity index (χ2n) is 6.33. The first-order valence-corrected chi connectivity index (χ1v) is 11.5. The quantitative estimate of drug-likeness (QED) is 0.250. The third kappa shape index (κ3) is 6.53. The highest BCUT2D eigenvalue weighted by molar-refractivity contribution is 7.11. The maximum Gasteiger partial charge on any atom is 0.338 e. The highest BCUT2D eigenvalue weighted by atomic mass is 35.5. The van der Waals surface area contributed by atoms with Crippen molar-refractivity contribution in [3.63, 3.8) is 0 Å². The molecule has 0 radical (unpaired) electrons.